The van der Waals surface area contributed by atoms with Gasteiger partial charge >= 0.3 is 0 Å². The summed E-state index contributed by atoms with van der Waals surface area (Å²) in [5, 5.41) is 0. The maximum Gasteiger partial charge on any atom is 0.143 e. The van der Waals surface area contributed by atoms with Gasteiger partial charge in [0.25, 0.3) is 0 Å². The average molecular weight is 527 g/mol. The highest BCUT2D eigenvalue weighted by Crippen LogP contribution is 2.36. The number of benzene rings is 2. The zero-order valence-corrected chi connectivity index (χ0v) is 23.9. The maximum atomic E-state index is 6.23. The molecule has 39 heavy (non-hydrogen) atoms. The predicted octanol–water partition coefficient (Wildman–Crippen LogP) is 6.68. The van der Waals surface area contributed by atoms with Crippen LogP contribution < -0.4 is 9.64 Å². The monoisotopic (exact) mass is 526 g/mol. The van der Waals surface area contributed by atoms with E-state index in [2.05, 4.69) is 104 Å². The third-order valence-corrected chi connectivity index (χ3v) is 7.78. The topological polar surface area (TPSA) is 40.5 Å². The Morgan fingerprint density at radius 1 is 0.949 bits per heavy atom. The zero-order chi connectivity index (χ0) is 27.4. The van der Waals surface area contributed by atoms with Crippen molar-refractivity contribution in [3.8, 4) is 5.75 Å². The molecule has 0 aromatic heterocycles. The van der Waals surface area contributed by atoms with Crippen molar-refractivity contribution >= 4 is 17.2 Å². The van der Waals surface area contributed by atoms with E-state index in [0.717, 1.165) is 80.0 Å². The van der Waals surface area contributed by atoms with Gasteiger partial charge in [-0.25, -0.2) is 4.99 Å². The number of allylic oxidation sites excluding steroid dienone is 4. The Kier molecular flexibility index (Phi) is 8.41. The Hall–Kier alpha value is -3.51. The van der Waals surface area contributed by atoms with Crippen LogP contribution >= 0.6 is 0 Å². The highest BCUT2D eigenvalue weighted by atomic mass is 16.5. The Labute approximate surface area is 233 Å². The molecule has 2 aromatic rings. The van der Waals surface area contributed by atoms with Crippen LogP contribution in [0.25, 0.3) is 0 Å². The number of aliphatic imine (C=N–C) groups is 1. The Morgan fingerprint density at radius 3 is 2.44 bits per heavy atom. The van der Waals surface area contributed by atoms with E-state index in [9.17, 15) is 0 Å². The third-order valence-electron chi connectivity index (χ3n) is 7.78. The zero-order valence-electron chi connectivity index (χ0n) is 23.9. The van der Waals surface area contributed by atoms with Crippen LogP contribution in [0.1, 0.15) is 46.1 Å². The molecule has 0 spiro atoms. The summed E-state index contributed by atoms with van der Waals surface area (Å²) >= 11 is 0. The molecule has 206 valence electrons. The molecule has 1 unspecified atom stereocenters. The molecular weight excluding hydrogens is 484 g/mol. The van der Waals surface area contributed by atoms with Crippen molar-refractivity contribution in [3.63, 3.8) is 0 Å². The normalized spacial score (nSPS) is 18.6. The minimum atomic E-state index is 0.0983. The van der Waals surface area contributed by atoms with Crippen molar-refractivity contribution in [2.24, 2.45) is 4.99 Å². The van der Waals surface area contributed by atoms with Gasteiger partial charge in [-0.05, 0) is 64.0 Å². The quantitative estimate of drug-likeness (QED) is 0.364. The minimum Gasteiger partial charge on any atom is -0.492 e. The molecule has 2 aliphatic heterocycles. The molecule has 0 N–H and O–H groups in total. The lowest BCUT2D eigenvalue weighted by atomic mass is 10.1. The first-order valence-electron chi connectivity index (χ1n) is 14.2. The number of amidine groups is 1. The number of ether oxygens (including phenoxy) is 2. The predicted molar refractivity (Wildman–Crippen MR) is 161 cm³/mol. The Bertz CT molecular complexity index is 1270. The van der Waals surface area contributed by atoms with Crippen LogP contribution in [0, 0.1) is 0 Å². The molecule has 1 atom stereocenters. The van der Waals surface area contributed by atoms with Crippen LogP contribution in [-0.4, -0.2) is 60.6 Å². The molecule has 1 aliphatic carbocycles. The summed E-state index contributed by atoms with van der Waals surface area (Å²) in [7, 11) is 0. The van der Waals surface area contributed by atoms with Gasteiger partial charge in [-0.3, -0.25) is 4.90 Å². The number of piperazine rings is 1. The summed E-state index contributed by atoms with van der Waals surface area (Å²) in [5.41, 5.74) is 5.82. The molecular formula is C33H42N4O2. The Balaban J connectivity index is 1.28. The van der Waals surface area contributed by atoms with Gasteiger partial charge in [-0.2, -0.15) is 0 Å². The van der Waals surface area contributed by atoms with E-state index >= 15 is 0 Å². The van der Waals surface area contributed by atoms with Crippen molar-refractivity contribution in [1.29, 1.82) is 0 Å². The summed E-state index contributed by atoms with van der Waals surface area (Å²) in [5.74, 6) is 3.02. The summed E-state index contributed by atoms with van der Waals surface area (Å²) < 4.78 is 12.3. The van der Waals surface area contributed by atoms with Crippen molar-refractivity contribution in [2.75, 3.05) is 37.7 Å². The van der Waals surface area contributed by atoms with E-state index in [4.69, 9.17) is 14.5 Å². The molecule has 3 aliphatic rings. The number of nitrogens with zero attached hydrogens (tertiary/aromatic N) is 4. The van der Waals surface area contributed by atoms with Gasteiger partial charge in [0.2, 0.25) is 0 Å². The minimum absolute atomic E-state index is 0.0983. The molecule has 0 radical (unpaired) electrons. The molecule has 0 amide bonds. The molecule has 1 saturated heterocycles. The third kappa shape index (κ3) is 6.39. The summed E-state index contributed by atoms with van der Waals surface area (Å²) in [6.07, 6.45) is 6.42. The first kappa shape index (κ1) is 27.1. The highest BCUT2D eigenvalue weighted by Gasteiger charge is 2.32. The van der Waals surface area contributed by atoms with E-state index in [1.807, 2.05) is 6.07 Å². The molecule has 1 fully saturated rings. The van der Waals surface area contributed by atoms with Crippen LogP contribution in [-0.2, 0) is 11.3 Å². The fourth-order valence-electron chi connectivity index (χ4n) is 5.45. The van der Waals surface area contributed by atoms with E-state index in [-0.39, 0.29) is 12.1 Å². The fraction of sp³-hybridized carbons (Fsp3) is 0.424. The summed E-state index contributed by atoms with van der Waals surface area (Å²) in [6, 6.07) is 16.9. The molecule has 5 rings (SSSR count). The van der Waals surface area contributed by atoms with Crippen LogP contribution in [0.15, 0.2) is 89.3 Å². The molecule has 6 nitrogen and oxygen atoms in total. The van der Waals surface area contributed by atoms with Gasteiger partial charge < -0.3 is 19.3 Å². The van der Waals surface area contributed by atoms with Gasteiger partial charge in [-0.1, -0.05) is 48.6 Å². The van der Waals surface area contributed by atoms with E-state index < -0.39 is 0 Å². The number of anilines is 1. The number of hydrogen-bond donors (Lipinski definition) is 0. The number of para-hydroxylation sites is 3. The van der Waals surface area contributed by atoms with Gasteiger partial charge in [-0.15, -0.1) is 0 Å². The second kappa shape index (κ2) is 12.1. The molecule has 2 heterocycles. The van der Waals surface area contributed by atoms with Crippen molar-refractivity contribution in [1.82, 2.24) is 9.80 Å². The lowest BCUT2D eigenvalue weighted by Gasteiger charge is -2.43. The highest BCUT2D eigenvalue weighted by molar-refractivity contribution is 6.05. The smallest absolute Gasteiger partial charge is 0.143 e. The Morgan fingerprint density at radius 2 is 1.69 bits per heavy atom. The number of rotatable bonds is 9. The molecule has 0 bridgehead atoms. The van der Waals surface area contributed by atoms with E-state index in [1.54, 1.807) is 0 Å². The van der Waals surface area contributed by atoms with Gasteiger partial charge in [0, 0.05) is 38.3 Å². The number of hydrogen-bond acceptors (Lipinski definition) is 6. The van der Waals surface area contributed by atoms with E-state index in [0.29, 0.717) is 6.61 Å². The fourth-order valence-corrected chi connectivity index (χ4v) is 5.45. The summed E-state index contributed by atoms with van der Waals surface area (Å²) in [4.78, 5) is 12.5. The van der Waals surface area contributed by atoms with Crippen molar-refractivity contribution < 1.29 is 9.47 Å². The van der Waals surface area contributed by atoms with Gasteiger partial charge in [0.15, 0.2) is 0 Å². The number of fused-ring (bicyclic) bond motifs is 1. The molecule has 2 aromatic carbocycles. The molecule has 6 heteroatoms. The first-order chi connectivity index (χ1) is 18.9. The van der Waals surface area contributed by atoms with Gasteiger partial charge in [0.05, 0.1) is 35.8 Å². The lowest BCUT2D eigenvalue weighted by molar-refractivity contribution is 0.124. The molecule has 0 saturated carbocycles. The van der Waals surface area contributed by atoms with Gasteiger partial charge in [0.1, 0.15) is 18.2 Å². The van der Waals surface area contributed by atoms with Crippen LogP contribution in [0.3, 0.4) is 0 Å². The lowest BCUT2D eigenvalue weighted by Crippen LogP contribution is -2.55. The van der Waals surface area contributed by atoms with Crippen LogP contribution in [0.2, 0.25) is 0 Å². The maximum absolute atomic E-state index is 6.23. The van der Waals surface area contributed by atoms with Crippen LogP contribution in [0.4, 0.5) is 11.4 Å². The largest absolute Gasteiger partial charge is 0.492 e. The van der Waals surface area contributed by atoms with Crippen molar-refractivity contribution in [2.45, 2.75) is 59.2 Å². The van der Waals surface area contributed by atoms with Crippen molar-refractivity contribution in [3.05, 3.63) is 89.9 Å². The van der Waals surface area contributed by atoms with Crippen LogP contribution in [0.5, 0.6) is 5.75 Å². The first-order valence-corrected chi connectivity index (χ1v) is 14.2. The standard InChI is InChI=1S/C33H42N4O2/c1-24(2)39-32-13-9-8-12-31(32)37-22-28-10-6-7-11-30(28)34-33(37)27(5)36-20-18-35(19-21-36)26(4)23-38-29-16-14-25(3)15-17-29/h6-14,16,24,27H,4,15,17-23H2,1-3,5H3. The summed E-state index contributed by atoms with van der Waals surface area (Å²) in [6.45, 7) is 18.0. The van der Waals surface area contributed by atoms with E-state index in [1.165, 1.54) is 11.1 Å². The average Bonchev–Trinajstić information content (AvgIpc) is 2.96. The SMILES string of the molecule is C=C(COC1=CC=C(C)CC1)N1CCN(C(C)C2=Nc3ccccc3CN2c2ccccc2OC(C)C)CC1. The second-order valence-corrected chi connectivity index (χ2v) is 11.0. The second-order valence-electron chi connectivity index (χ2n) is 11.0.